The molecule has 0 atom stereocenters. The van der Waals surface area contributed by atoms with Gasteiger partial charge in [-0.05, 0) is 55.2 Å². The molecule has 4 nitrogen and oxygen atoms in total. The second-order valence-electron chi connectivity index (χ2n) is 7.53. The number of nitrogens with zero attached hydrogens (tertiary/aromatic N) is 2. The number of anilines is 1. The lowest BCUT2D eigenvalue weighted by atomic mass is 10.0. The monoisotopic (exact) mass is 395 g/mol. The van der Waals surface area contributed by atoms with Crippen LogP contribution in [-0.4, -0.2) is 15.7 Å². The number of amides is 1. The molecule has 0 aliphatic heterocycles. The van der Waals surface area contributed by atoms with Gasteiger partial charge >= 0.3 is 0 Å². The molecule has 0 unspecified atom stereocenters. The van der Waals surface area contributed by atoms with Gasteiger partial charge in [-0.2, -0.15) is 5.10 Å². The molecule has 4 aromatic rings. The minimum Gasteiger partial charge on any atom is -0.319 e. The van der Waals surface area contributed by atoms with Gasteiger partial charge in [0.1, 0.15) is 0 Å². The minimum absolute atomic E-state index is 0.128. The number of carbonyl (C=O) groups is 1. The molecular weight excluding hydrogens is 370 g/mol. The summed E-state index contributed by atoms with van der Waals surface area (Å²) in [6.45, 7) is 6.70. The maximum absolute atomic E-state index is 12.8. The first-order valence-electron chi connectivity index (χ1n) is 10.1. The number of nitrogens with one attached hydrogen (secondary N) is 1. The van der Waals surface area contributed by atoms with Crippen LogP contribution in [0, 0.1) is 20.8 Å². The second-order valence-corrected chi connectivity index (χ2v) is 7.53. The van der Waals surface area contributed by atoms with E-state index < -0.39 is 0 Å². The molecule has 1 heterocycles. The summed E-state index contributed by atoms with van der Waals surface area (Å²) >= 11 is 0. The topological polar surface area (TPSA) is 46.9 Å². The number of rotatable bonds is 5. The van der Waals surface area contributed by atoms with E-state index in [9.17, 15) is 4.79 Å². The van der Waals surface area contributed by atoms with E-state index in [1.54, 1.807) is 0 Å². The van der Waals surface area contributed by atoms with E-state index in [4.69, 9.17) is 0 Å². The van der Waals surface area contributed by atoms with Crippen molar-refractivity contribution in [3.8, 4) is 11.1 Å². The van der Waals surface area contributed by atoms with Crippen LogP contribution in [-0.2, 0) is 6.54 Å². The molecule has 0 saturated heterocycles. The summed E-state index contributed by atoms with van der Waals surface area (Å²) in [5.74, 6) is -0.128. The van der Waals surface area contributed by atoms with Crippen LogP contribution in [0.2, 0.25) is 0 Å². The van der Waals surface area contributed by atoms with Crippen LogP contribution in [0.5, 0.6) is 0 Å². The number of hydrogen-bond donors (Lipinski definition) is 1. The van der Waals surface area contributed by atoms with Crippen LogP contribution < -0.4 is 5.32 Å². The van der Waals surface area contributed by atoms with Crippen LogP contribution >= 0.6 is 0 Å². The first-order valence-corrected chi connectivity index (χ1v) is 10.1. The van der Waals surface area contributed by atoms with Crippen molar-refractivity contribution in [1.82, 2.24) is 9.78 Å². The van der Waals surface area contributed by atoms with E-state index >= 15 is 0 Å². The molecule has 0 spiro atoms. The molecular formula is C26H25N3O. The summed E-state index contributed by atoms with van der Waals surface area (Å²) in [5, 5.41) is 7.70. The largest absolute Gasteiger partial charge is 0.319 e. The van der Waals surface area contributed by atoms with Crippen molar-refractivity contribution in [2.75, 3.05) is 5.32 Å². The van der Waals surface area contributed by atoms with Gasteiger partial charge in [0, 0.05) is 5.56 Å². The standard InChI is InChI=1S/C26H25N3O/c1-18-9-7-8-12-24(18)17-29-20(3)25(19(2)28-29)27-26(30)23-15-13-22(14-16-23)21-10-5-4-6-11-21/h4-16H,17H2,1-3H3,(H,27,30). The van der Waals surface area contributed by atoms with Crippen molar-refractivity contribution < 1.29 is 4.79 Å². The third-order valence-electron chi connectivity index (χ3n) is 5.46. The number of hydrogen-bond acceptors (Lipinski definition) is 2. The molecule has 1 amide bonds. The minimum atomic E-state index is -0.128. The van der Waals surface area contributed by atoms with Crippen LogP contribution in [0.25, 0.3) is 11.1 Å². The molecule has 3 aromatic carbocycles. The van der Waals surface area contributed by atoms with Crippen molar-refractivity contribution in [2.24, 2.45) is 0 Å². The van der Waals surface area contributed by atoms with Crippen LogP contribution in [0.4, 0.5) is 5.69 Å². The molecule has 0 radical (unpaired) electrons. The molecule has 0 saturated carbocycles. The summed E-state index contributed by atoms with van der Waals surface area (Å²) in [7, 11) is 0. The van der Waals surface area contributed by atoms with E-state index in [0.29, 0.717) is 12.1 Å². The van der Waals surface area contributed by atoms with Crippen LogP contribution in [0.3, 0.4) is 0 Å². The Bertz CT molecular complexity index is 1170. The Morgan fingerprint density at radius 2 is 1.47 bits per heavy atom. The van der Waals surface area contributed by atoms with Crippen molar-refractivity contribution in [3.05, 3.63) is 107 Å². The summed E-state index contributed by atoms with van der Waals surface area (Å²) in [6, 6.07) is 26.1. The molecule has 0 aliphatic rings. The van der Waals surface area contributed by atoms with E-state index in [2.05, 4.69) is 41.6 Å². The SMILES string of the molecule is Cc1ccccc1Cn1nc(C)c(NC(=O)c2ccc(-c3ccccc3)cc2)c1C. The van der Waals surface area contributed by atoms with Crippen molar-refractivity contribution in [2.45, 2.75) is 27.3 Å². The number of carbonyl (C=O) groups excluding carboxylic acids is 1. The summed E-state index contributed by atoms with van der Waals surface area (Å²) in [4.78, 5) is 12.8. The highest BCUT2D eigenvalue weighted by atomic mass is 16.1. The lowest BCUT2D eigenvalue weighted by Gasteiger charge is -2.09. The molecule has 0 bridgehead atoms. The van der Waals surface area contributed by atoms with Gasteiger partial charge in [0.25, 0.3) is 5.91 Å². The lowest BCUT2D eigenvalue weighted by Crippen LogP contribution is -2.13. The third-order valence-corrected chi connectivity index (χ3v) is 5.46. The average Bonchev–Trinajstić information content (AvgIpc) is 3.03. The zero-order chi connectivity index (χ0) is 21.1. The summed E-state index contributed by atoms with van der Waals surface area (Å²) < 4.78 is 1.95. The zero-order valence-electron chi connectivity index (χ0n) is 17.5. The maximum Gasteiger partial charge on any atom is 0.255 e. The first kappa shape index (κ1) is 19.6. The predicted molar refractivity (Wildman–Crippen MR) is 122 cm³/mol. The van der Waals surface area contributed by atoms with Crippen LogP contribution in [0.15, 0.2) is 78.9 Å². The van der Waals surface area contributed by atoms with Crippen molar-refractivity contribution in [3.63, 3.8) is 0 Å². The van der Waals surface area contributed by atoms with Gasteiger partial charge in [-0.15, -0.1) is 0 Å². The van der Waals surface area contributed by atoms with Gasteiger partial charge in [0.15, 0.2) is 0 Å². The molecule has 0 aliphatic carbocycles. The molecule has 150 valence electrons. The van der Waals surface area contributed by atoms with Gasteiger partial charge in [0.05, 0.1) is 23.6 Å². The lowest BCUT2D eigenvalue weighted by molar-refractivity contribution is 0.102. The van der Waals surface area contributed by atoms with E-state index in [-0.39, 0.29) is 5.91 Å². The predicted octanol–water partition coefficient (Wildman–Crippen LogP) is 5.78. The van der Waals surface area contributed by atoms with Gasteiger partial charge in [-0.3, -0.25) is 9.48 Å². The molecule has 1 N–H and O–H groups in total. The third kappa shape index (κ3) is 4.03. The summed E-state index contributed by atoms with van der Waals surface area (Å²) in [6.07, 6.45) is 0. The summed E-state index contributed by atoms with van der Waals surface area (Å²) in [5.41, 5.74) is 7.84. The van der Waals surface area contributed by atoms with Crippen LogP contribution in [0.1, 0.15) is 32.9 Å². The van der Waals surface area contributed by atoms with Gasteiger partial charge < -0.3 is 5.32 Å². The Kier molecular flexibility index (Phi) is 5.48. The highest BCUT2D eigenvalue weighted by Gasteiger charge is 2.16. The molecule has 4 rings (SSSR count). The van der Waals surface area contributed by atoms with Gasteiger partial charge in [-0.25, -0.2) is 0 Å². The second kappa shape index (κ2) is 8.37. The highest BCUT2D eigenvalue weighted by Crippen LogP contribution is 2.23. The van der Waals surface area contributed by atoms with Crippen molar-refractivity contribution >= 4 is 11.6 Å². The fourth-order valence-corrected chi connectivity index (χ4v) is 3.61. The van der Waals surface area contributed by atoms with E-state index in [0.717, 1.165) is 28.2 Å². The Morgan fingerprint density at radius 1 is 0.833 bits per heavy atom. The normalized spacial score (nSPS) is 10.8. The Balaban J connectivity index is 1.52. The van der Waals surface area contributed by atoms with Gasteiger partial charge in [-0.1, -0.05) is 66.7 Å². The molecule has 4 heteroatoms. The smallest absolute Gasteiger partial charge is 0.255 e. The van der Waals surface area contributed by atoms with E-state index in [1.165, 1.54) is 11.1 Å². The molecule has 30 heavy (non-hydrogen) atoms. The number of aryl methyl sites for hydroxylation is 2. The molecule has 0 fully saturated rings. The first-order chi connectivity index (χ1) is 14.5. The van der Waals surface area contributed by atoms with Crippen molar-refractivity contribution in [1.29, 1.82) is 0 Å². The van der Waals surface area contributed by atoms with Gasteiger partial charge in [0.2, 0.25) is 0 Å². The van der Waals surface area contributed by atoms with E-state index in [1.807, 2.05) is 73.1 Å². The number of benzene rings is 3. The number of aromatic nitrogens is 2. The highest BCUT2D eigenvalue weighted by molar-refractivity contribution is 6.05. The zero-order valence-corrected chi connectivity index (χ0v) is 17.5. The fourth-order valence-electron chi connectivity index (χ4n) is 3.61. The Hall–Kier alpha value is -3.66. The average molecular weight is 396 g/mol. The maximum atomic E-state index is 12.8. The quantitative estimate of drug-likeness (QED) is 0.466. The Labute approximate surface area is 177 Å². The molecule has 1 aromatic heterocycles. The fraction of sp³-hybridized carbons (Fsp3) is 0.154. The Morgan fingerprint density at radius 3 is 2.17 bits per heavy atom.